The van der Waals surface area contributed by atoms with Crippen LogP contribution in [-0.4, -0.2) is 36.3 Å². The van der Waals surface area contributed by atoms with E-state index < -0.39 is 21.7 Å². The van der Waals surface area contributed by atoms with Crippen molar-refractivity contribution in [2.24, 2.45) is 4.99 Å². The number of carbonyl (C=O) groups excluding carboxylic acids is 1. The largest absolute Gasteiger partial charge is 0.305 e. The molecule has 1 aromatic heterocycles. The zero-order valence-electron chi connectivity index (χ0n) is 16.7. The van der Waals surface area contributed by atoms with Crippen molar-refractivity contribution in [2.75, 3.05) is 7.05 Å². The Kier molecular flexibility index (Phi) is 6.22. The van der Waals surface area contributed by atoms with Crippen LogP contribution in [0.25, 0.3) is 10.2 Å². The molecule has 1 heterocycles. The van der Waals surface area contributed by atoms with Gasteiger partial charge in [0, 0.05) is 18.7 Å². The molecular weight excluding hydrogens is 425 g/mol. The Bertz CT molecular complexity index is 1310. The summed E-state index contributed by atoms with van der Waals surface area (Å²) in [5, 5.41) is 0. The van der Waals surface area contributed by atoms with Gasteiger partial charge in [-0.25, -0.2) is 12.8 Å². The molecule has 0 radical (unpaired) electrons. The quantitative estimate of drug-likeness (QED) is 0.566. The van der Waals surface area contributed by atoms with Crippen LogP contribution in [0.4, 0.5) is 4.39 Å². The molecule has 0 spiro atoms. The number of benzene rings is 2. The number of hydrogen-bond donors (Lipinski definition) is 0. The molecule has 6 nitrogen and oxygen atoms in total. The molecule has 0 aliphatic heterocycles. The molecule has 9 heteroatoms. The fourth-order valence-corrected chi connectivity index (χ4v) is 5.16. The Hall–Kier alpha value is -2.80. The van der Waals surface area contributed by atoms with Gasteiger partial charge in [-0.05, 0) is 56.3 Å². The molecule has 3 aromatic rings. The number of rotatable bonds is 5. The second-order valence-electron chi connectivity index (χ2n) is 6.84. The van der Waals surface area contributed by atoms with Crippen molar-refractivity contribution in [1.82, 2.24) is 8.87 Å². The van der Waals surface area contributed by atoms with E-state index in [9.17, 15) is 17.6 Å². The van der Waals surface area contributed by atoms with Gasteiger partial charge in [0.1, 0.15) is 5.82 Å². The molecule has 156 valence electrons. The Balaban J connectivity index is 1.99. The van der Waals surface area contributed by atoms with Crippen LogP contribution < -0.4 is 4.80 Å². The molecule has 0 unspecified atom stereocenters. The summed E-state index contributed by atoms with van der Waals surface area (Å²) in [6.07, 6.45) is 5.43. The maximum Gasteiger partial charge on any atom is 0.279 e. The van der Waals surface area contributed by atoms with Gasteiger partial charge in [-0.3, -0.25) is 4.79 Å². The van der Waals surface area contributed by atoms with Gasteiger partial charge < -0.3 is 4.57 Å². The number of nitrogens with zero attached hydrogens (tertiary/aromatic N) is 3. The lowest BCUT2D eigenvalue weighted by atomic mass is 10.2. The van der Waals surface area contributed by atoms with Gasteiger partial charge in [-0.15, -0.1) is 6.42 Å². The van der Waals surface area contributed by atoms with Crippen LogP contribution in [0.15, 0.2) is 52.4 Å². The molecule has 0 aliphatic rings. The van der Waals surface area contributed by atoms with Crippen LogP contribution in [0.2, 0.25) is 0 Å². The highest BCUT2D eigenvalue weighted by Gasteiger charge is 2.23. The summed E-state index contributed by atoms with van der Waals surface area (Å²) in [4.78, 5) is 17.2. The third-order valence-corrected chi connectivity index (χ3v) is 7.69. The molecule has 0 atom stereocenters. The van der Waals surface area contributed by atoms with E-state index in [0.29, 0.717) is 15.0 Å². The van der Waals surface area contributed by atoms with Crippen molar-refractivity contribution < 1.29 is 17.6 Å². The fraction of sp³-hybridized carbons (Fsp3) is 0.238. The smallest absolute Gasteiger partial charge is 0.279 e. The van der Waals surface area contributed by atoms with Gasteiger partial charge in [-0.1, -0.05) is 17.3 Å². The zero-order chi connectivity index (χ0) is 22.1. The first-order chi connectivity index (χ1) is 14.1. The number of sulfonamides is 1. The van der Waals surface area contributed by atoms with E-state index in [0.717, 1.165) is 11.3 Å². The number of amides is 1. The van der Waals surface area contributed by atoms with E-state index in [1.54, 1.807) is 24.5 Å². The number of hydrogen-bond acceptors (Lipinski definition) is 4. The van der Waals surface area contributed by atoms with E-state index in [1.807, 2.05) is 0 Å². The summed E-state index contributed by atoms with van der Waals surface area (Å²) in [5.74, 6) is 1.57. The van der Waals surface area contributed by atoms with Crippen LogP contribution in [0.5, 0.6) is 0 Å². The summed E-state index contributed by atoms with van der Waals surface area (Å²) in [6.45, 7) is 3.73. The summed E-state index contributed by atoms with van der Waals surface area (Å²) in [7, 11) is -2.14. The Morgan fingerprint density at radius 1 is 1.27 bits per heavy atom. The van der Waals surface area contributed by atoms with Gasteiger partial charge in [0.2, 0.25) is 10.0 Å². The van der Waals surface area contributed by atoms with Crippen LogP contribution in [0.3, 0.4) is 0 Å². The molecule has 0 N–H and O–H groups in total. The van der Waals surface area contributed by atoms with Crippen molar-refractivity contribution in [3.05, 3.63) is 58.6 Å². The van der Waals surface area contributed by atoms with Crippen LogP contribution in [0, 0.1) is 18.2 Å². The van der Waals surface area contributed by atoms with Crippen molar-refractivity contribution in [3.63, 3.8) is 0 Å². The number of fused-ring (bicyclic) bond motifs is 1. The van der Waals surface area contributed by atoms with Gasteiger partial charge >= 0.3 is 0 Å². The normalized spacial score (nSPS) is 12.6. The van der Waals surface area contributed by atoms with Crippen molar-refractivity contribution in [3.8, 4) is 12.3 Å². The summed E-state index contributed by atoms with van der Waals surface area (Å²) >= 11 is 1.15. The molecule has 3 rings (SSSR count). The van der Waals surface area contributed by atoms with Crippen LogP contribution >= 0.6 is 11.3 Å². The Labute approximate surface area is 178 Å². The Morgan fingerprint density at radius 2 is 1.93 bits per heavy atom. The second-order valence-corrected chi connectivity index (χ2v) is 9.85. The highest BCUT2D eigenvalue weighted by Crippen LogP contribution is 2.20. The minimum Gasteiger partial charge on any atom is -0.305 e. The molecule has 0 fully saturated rings. The predicted molar refractivity (Wildman–Crippen MR) is 115 cm³/mol. The average molecular weight is 446 g/mol. The first-order valence-electron chi connectivity index (χ1n) is 9.04. The average Bonchev–Trinajstić information content (AvgIpc) is 3.03. The zero-order valence-corrected chi connectivity index (χ0v) is 18.3. The maximum atomic E-state index is 13.5. The first kappa shape index (κ1) is 21.9. The molecule has 2 aromatic carbocycles. The van der Waals surface area contributed by atoms with Crippen molar-refractivity contribution in [1.29, 1.82) is 0 Å². The molecule has 30 heavy (non-hydrogen) atoms. The van der Waals surface area contributed by atoms with Crippen LogP contribution in [-0.2, 0) is 16.6 Å². The van der Waals surface area contributed by atoms with E-state index >= 15 is 0 Å². The van der Waals surface area contributed by atoms with E-state index in [-0.39, 0.29) is 23.0 Å². The number of carbonyl (C=O) groups is 1. The standard InChI is InChI=1S/C21H20FN3O3S2/c1-5-12-25-18-11-8-16(22)13-19(18)29-21(25)23-20(26)15-6-9-17(10-7-15)30(27,28)24(4)14(2)3/h1,6-11,13-14H,12H2,2-4H3. The van der Waals surface area contributed by atoms with Crippen LogP contribution in [0.1, 0.15) is 24.2 Å². The Morgan fingerprint density at radius 3 is 2.53 bits per heavy atom. The number of terminal acetylenes is 1. The molecule has 0 aliphatic carbocycles. The van der Waals surface area contributed by atoms with E-state index in [4.69, 9.17) is 6.42 Å². The second kappa shape index (κ2) is 8.52. The topological polar surface area (TPSA) is 71.7 Å². The summed E-state index contributed by atoms with van der Waals surface area (Å²) in [6, 6.07) is 9.68. The summed E-state index contributed by atoms with van der Waals surface area (Å²) < 4.78 is 42.2. The summed E-state index contributed by atoms with van der Waals surface area (Å²) in [5.41, 5.74) is 0.918. The lowest BCUT2D eigenvalue weighted by molar-refractivity contribution is 0.0998. The van der Waals surface area contributed by atoms with E-state index in [2.05, 4.69) is 10.9 Å². The van der Waals surface area contributed by atoms with Gasteiger partial charge in [-0.2, -0.15) is 9.30 Å². The highest BCUT2D eigenvalue weighted by atomic mass is 32.2. The van der Waals surface area contributed by atoms with Gasteiger partial charge in [0.25, 0.3) is 5.91 Å². The third kappa shape index (κ3) is 4.21. The minimum absolute atomic E-state index is 0.0926. The molecular formula is C21H20FN3O3S2. The lowest BCUT2D eigenvalue weighted by Crippen LogP contribution is -2.33. The van der Waals surface area contributed by atoms with Gasteiger partial charge in [0.05, 0.1) is 21.7 Å². The molecule has 0 bridgehead atoms. The molecule has 0 saturated heterocycles. The minimum atomic E-state index is -3.64. The first-order valence-corrected chi connectivity index (χ1v) is 11.3. The number of aromatic nitrogens is 1. The maximum absolute atomic E-state index is 13.5. The number of halogens is 1. The molecule has 1 amide bonds. The molecule has 0 saturated carbocycles. The SMILES string of the molecule is C#CCn1c(=NC(=O)c2ccc(S(=O)(=O)N(C)C(C)C)cc2)sc2cc(F)ccc21. The fourth-order valence-electron chi connectivity index (χ4n) is 2.74. The number of thiazole rings is 1. The van der Waals surface area contributed by atoms with Crippen molar-refractivity contribution >= 4 is 37.5 Å². The van der Waals surface area contributed by atoms with E-state index in [1.165, 1.54) is 47.8 Å². The lowest BCUT2D eigenvalue weighted by Gasteiger charge is -2.20. The highest BCUT2D eigenvalue weighted by molar-refractivity contribution is 7.89. The predicted octanol–water partition coefficient (Wildman–Crippen LogP) is 3.25. The van der Waals surface area contributed by atoms with Gasteiger partial charge in [0.15, 0.2) is 4.80 Å². The van der Waals surface area contributed by atoms with Crippen molar-refractivity contribution in [2.45, 2.75) is 31.3 Å². The third-order valence-electron chi connectivity index (χ3n) is 4.60. The monoisotopic (exact) mass is 445 g/mol.